The van der Waals surface area contributed by atoms with Crippen LogP contribution >= 0.6 is 0 Å². The van der Waals surface area contributed by atoms with Gasteiger partial charge in [0.25, 0.3) is 5.56 Å². The zero-order chi connectivity index (χ0) is 19.7. The predicted octanol–water partition coefficient (Wildman–Crippen LogP) is 1.49. The maximum Gasteiger partial charge on any atom is 0.255 e. The summed E-state index contributed by atoms with van der Waals surface area (Å²) in [5.74, 6) is 0.0197. The summed E-state index contributed by atoms with van der Waals surface area (Å²) in [6, 6.07) is 2.96. The largest absolute Gasteiger partial charge is 0.365 e. The average Bonchev–Trinajstić information content (AvgIpc) is 2.71. The van der Waals surface area contributed by atoms with E-state index in [4.69, 9.17) is 0 Å². The van der Waals surface area contributed by atoms with E-state index in [0.717, 1.165) is 25.0 Å². The van der Waals surface area contributed by atoms with Crippen molar-refractivity contribution in [2.24, 2.45) is 7.05 Å². The van der Waals surface area contributed by atoms with E-state index in [1.807, 2.05) is 0 Å². The molecular weight excluding hydrogens is 361 g/mol. The molecule has 0 amide bonds. The average molecular weight is 381 g/mol. The minimum atomic E-state index is -0.504. The molecule has 0 N–H and O–H groups in total. The van der Waals surface area contributed by atoms with Crippen molar-refractivity contribution < 1.29 is 4.39 Å². The van der Waals surface area contributed by atoms with Gasteiger partial charge in [0.1, 0.15) is 6.33 Å². The van der Waals surface area contributed by atoms with E-state index in [2.05, 4.69) is 36.7 Å². The first-order chi connectivity index (χ1) is 13.5. The zero-order valence-electron chi connectivity index (χ0n) is 15.7. The molecule has 0 aromatic carbocycles. The molecule has 0 bridgehead atoms. The summed E-state index contributed by atoms with van der Waals surface area (Å²) >= 11 is 0. The van der Waals surface area contributed by atoms with Gasteiger partial charge in [0.2, 0.25) is 5.95 Å². The third-order valence-corrected chi connectivity index (χ3v) is 4.96. The molecule has 1 saturated heterocycles. The van der Waals surface area contributed by atoms with Crippen LogP contribution in [0.2, 0.25) is 0 Å². The first-order valence-electron chi connectivity index (χ1n) is 8.99. The molecule has 9 heteroatoms. The number of pyridine rings is 1. The molecule has 1 atom stereocenters. The number of hydrogen-bond acceptors (Lipinski definition) is 7. The second kappa shape index (κ2) is 7.34. The summed E-state index contributed by atoms with van der Waals surface area (Å²) < 4.78 is 15.7. The lowest BCUT2D eigenvalue weighted by Gasteiger charge is -2.41. The Morgan fingerprint density at radius 3 is 2.64 bits per heavy atom. The monoisotopic (exact) mass is 381 g/mol. The first kappa shape index (κ1) is 18.0. The number of nitrogens with zero attached hydrogens (tertiary/aromatic N) is 7. The van der Waals surface area contributed by atoms with E-state index >= 15 is 0 Å². The first-order valence-corrected chi connectivity index (χ1v) is 8.99. The highest BCUT2D eigenvalue weighted by Gasteiger charge is 2.27. The van der Waals surface area contributed by atoms with Gasteiger partial charge in [-0.2, -0.15) is 0 Å². The molecule has 0 spiro atoms. The highest BCUT2D eigenvalue weighted by atomic mass is 19.1. The van der Waals surface area contributed by atoms with Crippen molar-refractivity contribution in [1.29, 1.82) is 0 Å². The van der Waals surface area contributed by atoms with E-state index in [1.165, 1.54) is 29.2 Å². The molecule has 0 radical (unpaired) electrons. The summed E-state index contributed by atoms with van der Waals surface area (Å²) in [5, 5.41) is 0. The smallest absolute Gasteiger partial charge is 0.255 e. The third-order valence-electron chi connectivity index (χ3n) is 4.96. The van der Waals surface area contributed by atoms with Gasteiger partial charge in [-0.3, -0.25) is 14.3 Å². The highest BCUT2D eigenvalue weighted by Crippen LogP contribution is 2.24. The molecular formula is C19H20FN7O. The maximum absolute atomic E-state index is 14.2. The topological polar surface area (TPSA) is 80.0 Å². The minimum absolute atomic E-state index is 0.0876. The van der Waals surface area contributed by atoms with E-state index in [-0.39, 0.29) is 17.2 Å². The number of anilines is 2. The summed E-state index contributed by atoms with van der Waals surface area (Å²) in [6.07, 6.45) is 7.69. The van der Waals surface area contributed by atoms with Crippen molar-refractivity contribution in [3.8, 4) is 11.3 Å². The highest BCUT2D eigenvalue weighted by molar-refractivity contribution is 5.60. The SMILES string of the molecule is C[C@@H]1CN(c2cncnc2)CCN1c1nc(-c2ccncc2F)cc(=O)n1C. The van der Waals surface area contributed by atoms with E-state index < -0.39 is 5.82 Å². The number of hydrogen-bond donors (Lipinski definition) is 0. The Kier molecular flexibility index (Phi) is 4.72. The number of rotatable bonds is 3. The molecule has 4 rings (SSSR count). The molecule has 1 fully saturated rings. The van der Waals surface area contributed by atoms with Crippen LogP contribution in [0.5, 0.6) is 0 Å². The Bertz CT molecular complexity index is 1040. The Morgan fingerprint density at radius 1 is 1.14 bits per heavy atom. The van der Waals surface area contributed by atoms with Crippen molar-refractivity contribution >= 4 is 11.6 Å². The number of halogens is 1. The number of piperazine rings is 1. The fourth-order valence-electron chi connectivity index (χ4n) is 3.45. The summed E-state index contributed by atoms with van der Waals surface area (Å²) in [4.78, 5) is 33.3. The van der Waals surface area contributed by atoms with Crippen LogP contribution in [-0.4, -0.2) is 50.2 Å². The number of aromatic nitrogens is 5. The standard InChI is InChI=1S/C19H20FN7O/c1-13-11-26(14-8-22-12-23-9-14)5-6-27(13)19-24-17(7-18(28)25(19)2)15-3-4-21-10-16(15)20/h3-4,7-10,12-13H,5-6,11H2,1-2H3/t13-/m1/s1. The van der Waals surface area contributed by atoms with E-state index in [0.29, 0.717) is 18.2 Å². The lowest BCUT2D eigenvalue weighted by molar-refractivity contribution is 0.529. The van der Waals surface area contributed by atoms with Crippen LogP contribution < -0.4 is 15.4 Å². The molecule has 1 aliphatic rings. The molecule has 0 aliphatic carbocycles. The second-order valence-corrected chi connectivity index (χ2v) is 6.78. The predicted molar refractivity (Wildman–Crippen MR) is 104 cm³/mol. The van der Waals surface area contributed by atoms with Gasteiger partial charge in [0.05, 0.1) is 30.0 Å². The fraction of sp³-hybridized carbons (Fsp3) is 0.316. The van der Waals surface area contributed by atoms with Crippen molar-refractivity contribution in [1.82, 2.24) is 24.5 Å². The van der Waals surface area contributed by atoms with E-state index in [1.54, 1.807) is 19.4 Å². The van der Waals surface area contributed by atoms with Crippen LogP contribution in [0.25, 0.3) is 11.3 Å². The Morgan fingerprint density at radius 2 is 1.93 bits per heavy atom. The van der Waals surface area contributed by atoms with Crippen LogP contribution in [0.4, 0.5) is 16.0 Å². The van der Waals surface area contributed by atoms with Crippen molar-refractivity contribution in [2.75, 3.05) is 29.4 Å². The van der Waals surface area contributed by atoms with Crippen molar-refractivity contribution in [2.45, 2.75) is 13.0 Å². The Labute approximate surface area is 161 Å². The maximum atomic E-state index is 14.2. The van der Waals surface area contributed by atoms with Gasteiger partial charge in [-0.05, 0) is 13.0 Å². The molecule has 0 unspecified atom stereocenters. The molecule has 1 aliphatic heterocycles. The van der Waals surface area contributed by atoms with Crippen LogP contribution in [0.1, 0.15) is 6.92 Å². The van der Waals surface area contributed by atoms with Crippen LogP contribution in [0, 0.1) is 5.82 Å². The molecule has 144 valence electrons. The van der Waals surface area contributed by atoms with E-state index in [9.17, 15) is 9.18 Å². The summed E-state index contributed by atoms with van der Waals surface area (Å²) in [5.41, 5.74) is 1.30. The van der Waals surface area contributed by atoms with Gasteiger partial charge in [-0.1, -0.05) is 0 Å². The van der Waals surface area contributed by atoms with Crippen molar-refractivity contribution in [3.63, 3.8) is 0 Å². The van der Waals surface area contributed by atoms with Crippen LogP contribution in [-0.2, 0) is 7.05 Å². The second-order valence-electron chi connectivity index (χ2n) is 6.78. The molecule has 3 aromatic rings. The molecule has 4 heterocycles. The lowest BCUT2D eigenvalue weighted by atomic mass is 10.1. The summed E-state index contributed by atoms with van der Waals surface area (Å²) in [6.45, 7) is 4.21. The Balaban J connectivity index is 1.66. The van der Waals surface area contributed by atoms with Gasteiger partial charge >= 0.3 is 0 Å². The third kappa shape index (κ3) is 3.30. The zero-order valence-corrected chi connectivity index (χ0v) is 15.7. The minimum Gasteiger partial charge on any atom is -0.365 e. The van der Waals surface area contributed by atoms with Crippen LogP contribution in [0.3, 0.4) is 0 Å². The van der Waals surface area contributed by atoms with Gasteiger partial charge in [0.15, 0.2) is 5.82 Å². The quantitative estimate of drug-likeness (QED) is 0.680. The van der Waals surface area contributed by atoms with Gasteiger partial charge in [0, 0.05) is 50.6 Å². The Hall–Kier alpha value is -3.36. The molecule has 8 nitrogen and oxygen atoms in total. The van der Waals surface area contributed by atoms with Gasteiger partial charge in [-0.25, -0.2) is 19.3 Å². The molecule has 28 heavy (non-hydrogen) atoms. The normalized spacial score (nSPS) is 17.0. The molecule has 3 aromatic heterocycles. The van der Waals surface area contributed by atoms with Gasteiger partial charge < -0.3 is 9.80 Å². The fourth-order valence-corrected chi connectivity index (χ4v) is 3.45. The van der Waals surface area contributed by atoms with Gasteiger partial charge in [-0.15, -0.1) is 0 Å². The van der Waals surface area contributed by atoms with Crippen molar-refractivity contribution in [3.05, 3.63) is 59.4 Å². The lowest BCUT2D eigenvalue weighted by Crippen LogP contribution is -2.53. The van der Waals surface area contributed by atoms with Crippen LogP contribution in [0.15, 0.2) is 48.0 Å². The summed E-state index contributed by atoms with van der Waals surface area (Å²) in [7, 11) is 1.68. The molecule has 0 saturated carbocycles.